The molecular formula is C122H96BN3Si2. The molecular weight excluding hydrogens is 1570 g/mol. The molecule has 610 valence electrons. The van der Waals surface area contributed by atoms with Gasteiger partial charge in [0.1, 0.15) is 0 Å². The van der Waals surface area contributed by atoms with Crippen LogP contribution in [-0.2, 0) is 10.8 Å². The lowest BCUT2D eigenvalue weighted by Gasteiger charge is -2.45. The Balaban J connectivity index is 0.902. The van der Waals surface area contributed by atoms with Crippen LogP contribution in [0.5, 0.6) is 0 Å². The number of anilines is 6. The zero-order valence-electron chi connectivity index (χ0n) is 73.0. The van der Waals surface area contributed by atoms with Crippen LogP contribution in [0, 0.1) is 0 Å². The second-order valence-electron chi connectivity index (χ2n) is 36.6. The molecule has 0 N–H and O–H groups in total. The van der Waals surface area contributed by atoms with Crippen molar-refractivity contribution < 1.29 is 0 Å². The maximum Gasteiger partial charge on any atom is 0.252 e. The smallest absolute Gasteiger partial charge is 0.252 e. The number of nitrogens with zero attached hydrogens (tertiary/aromatic N) is 3. The van der Waals surface area contributed by atoms with E-state index in [0.29, 0.717) is 0 Å². The van der Waals surface area contributed by atoms with E-state index in [0.717, 1.165) is 84.3 Å². The summed E-state index contributed by atoms with van der Waals surface area (Å²) in [5, 5.41) is 12.8. The molecule has 128 heavy (non-hydrogen) atoms. The summed E-state index contributed by atoms with van der Waals surface area (Å²) in [6.07, 6.45) is 0. The van der Waals surface area contributed by atoms with Gasteiger partial charge in [0.25, 0.3) is 6.71 Å². The highest BCUT2D eigenvalue weighted by Crippen LogP contribution is 2.51. The third kappa shape index (κ3) is 13.6. The van der Waals surface area contributed by atoms with Gasteiger partial charge in [-0.05, 0) is 184 Å². The molecule has 0 radical (unpaired) electrons. The summed E-state index contributed by atoms with van der Waals surface area (Å²) in [6, 6.07) is 182. The Kier molecular flexibility index (Phi) is 19.9. The predicted molar refractivity (Wildman–Crippen MR) is 552 cm³/mol. The number of para-hydroxylation sites is 2. The van der Waals surface area contributed by atoms with Crippen LogP contribution in [0.2, 0.25) is 0 Å². The lowest BCUT2D eigenvalue weighted by Crippen LogP contribution is -2.78. The number of hydrogen-bond donors (Lipinski definition) is 0. The first-order valence-electron chi connectivity index (χ1n) is 45.0. The van der Waals surface area contributed by atoms with Gasteiger partial charge in [0, 0.05) is 44.6 Å². The topological polar surface area (TPSA) is 11.4 Å². The van der Waals surface area contributed by atoms with Gasteiger partial charge < -0.3 is 14.4 Å². The second kappa shape index (κ2) is 32.2. The molecule has 19 aromatic carbocycles. The number of hydrogen-bond acceptors (Lipinski definition) is 2. The number of aromatic nitrogens is 1. The molecule has 3 nitrogen and oxygen atoms in total. The minimum atomic E-state index is -3.53. The van der Waals surface area contributed by atoms with E-state index in [1.54, 1.807) is 0 Å². The van der Waals surface area contributed by atoms with E-state index in [2.05, 4.69) is 529 Å². The molecule has 1 aromatic heterocycles. The van der Waals surface area contributed by atoms with Crippen molar-refractivity contribution in [3.8, 4) is 72.4 Å². The van der Waals surface area contributed by atoms with E-state index >= 15 is 0 Å². The Morgan fingerprint density at radius 3 is 0.938 bits per heavy atom. The summed E-state index contributed by atoms with van der Waals surface area (Å²) in [4.78, 5) is 5.34. The molecule has 0 amide bonds. The maximum absolute atomic E-state index is 3.53. The second-order valence-corrected chi connectivity index (χ2v) is 44.3. The highest BCUT2D eigenvalue weighted by molar-refractivity contribution is 7.22. The molecule has 0 unspecified atom stereocenters. The zero-order chi connectivity index (χ0) is 86.2. The molecule has 0 fully saturated rings. The van der Waals surface area contributed by atoms with Gasteiger partial charge in [-0.25, -0.2) is 0 Å². The molecule has 3 heterocycles. The summed E-state index contributed by atoms with van der Waals surface area (Å²) in [5.41, 5.74) is 29.8. The van der Waals surface area contributed by atoms with E-state index in [1.807, 2.05) is 0 Å². The highest BCUT2D eigenvalue weighted by Gasteiger charge is 2.49. The van der Waals surface area contributed by atoms with Crippen molar-refractivity contribution in [2.24, 2.45) is 0 Å². The molecule has 6 heteroatoms. The Bertz CT molecular complexity index is 7220. The summed E-state index contributed by atoms with van der Waals surface area (Å²) in [6.45, 7) is 13.8. The lowest BCUT2D eigenvalue weighted by atomic mass is 9.33. The molecule has 0 saturated heterocycles. The average Bonchev–Trinajstić information content (AvgIpc) is 0.930. The van der Waals surface area contributed by atoms with E-state index in [-0.39, 0.29) is 17.5 Å². The third-order valence-electron chi connectivity index (χ3n) is 27.1. The van der Waals surface area contributed by atoms with Crippen LogP contribution in [0.4, 0.5) is 34.1 Å². The van der Waals surface area contributed by atoms with Gasteiger partial charge in [0.15, 0.2) is 16.1 Å². The zero-order valence-corrected chi connectivity index (χ0v) is 75.0. The number of rotatable bonds is 17. The summed E-state index contributed by atoms with van der Waals surface area (Å²) < 4.78 is 2.63. The number of fused-ring (bicyclic) bond motifs is 7. The van der Waals surface area contributed by atoms with Crippen molar-refractivity contribution in [1.82, 2.24) is 4.57 Å². The minimum Gasteiger partial charge on any atom is -0.311 e. The fraction of sp³-hybridized carbons (Fsp3) is 0.0656. The third-order valence-corrected chi connectivity index (χ3v) is 36.6. The molecule has 0 spiro atoms. The van der Waals surface area contributed by atoms with Crippen molar-refractivity contribution in [2.45, 2.75) is 52.4 Å². The molecule has 20 aromatic rings. The van der Waals surface area contributed by atoms with Gasteiger partial charge in [0.2, 0.25) is 0 Å². The van der Waals surface area contributed by atoms with Crippen molar-refractivity contribution in [2.75, 3.05) is 9.80 Å². The quantitative estimate of drug-likeness (QED) is 0.0665. The summed E-state index contributed by atoms with van der Waals surface area (Å²) >= 11 is 0. The van der Waals surface area contributed by atoms with Crippen molar-refractivity contribution >= 4 is 137 Å². The monoisotopic (exact) mass is 1670 g/mol. The van der Waals surface area contributed by atoms with Crippen molar-refractivity contribution in [1.29, 1.82) is 0 Å². The minimum absolute atomic E-state index is 0.144. The van der Waals surface area contributed by atoms with Gasteiger partial charge in [-0.3, -0.25) is 0 Å². The van der Waals surface area contributed by atoms with E-state index in [1.165, 1.54) is 113 Å². The fourth-order valence-electron chi connectivity index (χ4n) is 21.0. The first-order valence-corrected chi connectivity index (χ1v) is 49.0. The van der Waals surface area contributed by atoms with Crippen LogP contribution in [0.1, 0.15) is 52.7 Å². The predicted octanol–water partition coefficient (Wildman–Crippen LogP) is 24.2. The van der Waals surface area contributed by atoms with Crippen LogP contribution in [0.3, 0.4) is 0 Å². The van der Waals surface area contributed by atoms with Crippen LogP contribution in [0.15, 0.2) is 473 Å². The fourth-order valence-corrected chi connectivity index (χ4v) is 30.9. The Labute approximate surface area is 754 Å². The Morgan fingerprint density at radius 1 is 0.203 bits per heavy atom. The standard InChI is InChI=1S/C122H96BN3Si2/c1-121(2,3)95-68-70-108-109-71-69-96(122(4,5)6)81-116(109)124(115(108)80-95)97-82-118-120-119(83-97)126(113-65-37-35-63-107(113)89-48-24-11-25-49-89)117-79-93(87-44-20-9-21-45-87)66-72-110(117)123(120)111-78-92(67-73-114(111)125(118)112-64-36-34-62-106(112)88-46-22-10-23-47-88)94-76-104(127(98-52-26-12-27-53-98,99-54-28-13-29-55-99)102-60-38-50-90(74-102)85-40-16-7-17-41-85)84-105(77-94)128(100-56-30-14-31-57-100,101-58-32-15-33-59-101)103-61-39-51-91(75-103)86-42-18-8-19-43-86/h7-84H,1-6H3. The van der Waals surface area contributed by atoms with E-state index < -0.39 is 16.1 Å². The SMILES string of the molecule is CC(C)(C)c1ccc2c3ccc(C(C)(C)C)cc3n(-c3cc4c5c(c3)N(c3ccccc3-c3ccccc3)c3cc(-c6ccccc6)ccc3B5c3cc(-c5cc([Si](c6ccccc6)(c6ccccc6)c6cccc(-c7ccccc7)c6)cc([Si](c6ccccc6)(c6ccccc6)c6cccc(-c7ccccc7)c6)c5)ccc3N4c3ccccc3-c3ccccc3)c2c1. The van der Waals surface area contributed by atoms with Crippen LogP contribution >= 0.6 is 0 Å². The average molecular weight is 1670 g/mol. The molecule has 2 aliphatic rings. The molecule has 0 aliphatic carbocycles. The first-order chi connectivity index (χ1) is 62.7. The maximum atomic E-state index is 2.72. The van der Waals surface area contributed by atoms with E-state index in [9.17, 15) is 0 Å². The van der Waals surface area contributed by atoms with Gasteiger partial charge in [0.05, 0.1) is 28.1 Å². The van der Waals surface area contributed by atoms with Crippen LogP contribution in [0.25, 0.3) is 94.3 Å². The molecule has 2 aliphatic heterocycles. The van der Waals surface area contributed by atoms with E-state index in [4.69, 9.17) is 0 Å². The largest absolute Gasteiger partial charge is 0.311 e. The Morgan fingerprint density at radius 2 is 0.531 bits per heavy atom. The Hall–Kier alpha value is -14.9. The molecule has 0 saturated carbocycles. The van der Waals surface area contributed by atoms with Gasteiger partial charge >= 0.3 is 0 Å². The molecule has 0 bridgehead atoms. The van der Waals surface area contributed by atoms with Crippen molar-refractivity contribution in [3.05, 3.63) is 484 Å². The van der Waals surface area contributed by atoms with Crippen molar-refractivity contribution in [3.63, 3.8) is 0 Å². The number of benzene rings is 19. The highest BCUT2D eigenvalue weighted by atomic mass is 28.3. The lowest BCUT2D eigenvalue weighted by molar-refractivity contribution is 0.591. The summed E-state index contributed by atoms with van der Waals surface area (Å²) in [5.74, 6) is 0. The summed E-state index contributed by atoms with van der Waals surface area (Å²) in [7, 11) is -7.05. The van der Waals surface area contributed by atoms with Gasteiger partial charge in [-0.1, -0.05) is 466 Å². The molecule has 22 rings (SSSR count). The normalized spacial score (nSPS) is 12.6. The van der Waals surface area contributed by atoms with Crippen LogP contribution in [-0.4, -0.2) is 27.4 Å². The van der Waals surface area contributed by atoms with Gasteiger partial charge in [-0.15, -0.1) is 0 Å². The van der Waals surface area contributed by atoms with Gasteiger partial charge in [-0.2, -0.15) is 0 Å². The van der Waals surface area contributed by atoms with Crippen LogP contribution < -0.4 is 67.7 Å². The first kappa shape index (κ1) is 79.0. The molecule has 0 atom stereocenters.